The molecule has 0 saturated carbocycles. The van der Waals surface area contributed by atoms with E-state index >= 15 is 0 Å². The average molecular weight is 181 g/mol. The van der Waals surface area contributed by atoms with Crippen molar-refractivity contribution < 1.29 is 9.53 Å². The molecule has 1 aliphatic heterocycles. The Labute approximate surface area is 79.1 Å². The summed E-state index contributed by atoms with van der Waals surface area (Å²) in [5.41, 5.74) is 0. The summed E-state index contributed by atoms with van der Waals surface area (Å²) in [6.07, 6.45) is 7.16. The van der Waals surface area contributed by atoms with E-state index in [0.717, 1.165) is 19.5 Å². The first-order valence-electron chi connectivity index (χ1n) is 4.63. The van der Waals surface area contributed by atoms with E-state index in [4.69, 9.17) is 11.2 Å². The molecule has 0 unspecified atom stereocenters. The molecule has 0 aliphatic carbocycles. The first-order chi connectivity index (χ1) is 6.34. The van der Waals surface area contributed by atoms with Gasteiger partial charge in [0.25, 0.3) is 0 Å². The van der Waals surface area contributed by atoms with Crippen LogP contribution in [0.25, 0.3) is 0 Å². The second kappa shape index (κ2) is 5.60. The number of rotatable bonds is 3. The molecular weight excluding hydrogens is 166 g/mol. The van der Waals surface area contributed by atoms with Gasteiger partial charge in [-0.15, -0.1) is 12.3 Å². The number of carbonyl (C=O) groups is 1. The quantitative estimate of drug-likeness (QED) is 0.472. The number of morpholine rings is 1. The van der Waals surface area contributed by atoms with Gasteiger partial charge >= 0.3 is 0 Å². The first kappa shape index (κ1) is 10.1. The molecule has 72 valence electrons. The van der Waals surface area contributed by atoms with Gasteiger partial charge in [-0.25, -0.2) is 0 Å². The lowest BCUT2D eigenvalue weighted by atomic mass is 10.2. The van der Waals surface area contributed by atoms with E-state index in [2.05, 4.69) is 5.92 Å². The molecule has 1 fully saturated rings. The van der Waals surface area contributed by atoms with Crippen LogP contribution in [0.15, 0.2) is 0 Å². The second-order valence-electron chi connectivity index (χ2n) is 3.05. The van der Waals surface area contributed by atoms with Crippen molar-refractivity contribution in [2.45, 2.75) is 19.3 Å². The third kappa shape index (κ3) is 3.47. The van der Waals surface area contributed by atoms with Crippen molar-refractivity contribution in [1.29, 1.82) is 0 Å². The van der Waals surface area contributed by atoms with Gasteiger partial charge in [0.2, 0.25) is 5.91 Å². The lowest BCUT2D eigenvalue weighted by molar-refractivity contribution is -0.135. The standard InChI is InChI=1S/C10H15NO2/c1-2-3-4-5-10(12)11-6-8-13-9-7-11/h1H,3-9H2. The normalized spacial score (nSPS) is 16.7. The summed E-state index contributed by atoms with van der Waals surface area (Å²) in [5, 5.41) is 0. The highest BCUT2D eigenvalue weighted by molar-refractivity contribution is 5.76. The summed E-state index contributed by atoms with van der Waals surface area (Å²) >= 11 is 0. The van der Waals surface area contributed by atoms with Gasteiger partial charge in [0.05, 0.1) is 13.2 Å². The summed E-state index contributed by atoms with van der Waals surface area (Å²) in [4.78, 5) is 13.3. The smallest absolute Gasteiger partial charge is 0.222 e. The Morgan fingerprint density at radius 1 is 1.46 bits per heavy atom. The fourth-order valence-electron chi connectivity index (χ4n) is 1.31. The minimum Gasteiger partial charge on any atom is -0.378 e. The summed E-state index contributed by atoms with van der Waals surface area (Å²) in [6, 6.07) is 0. The zero-order valence-electron chi connectivity index (χ0n) is 7.79. The fraction of sp³-hybridized carbons (Fsp3) is 0.700. The van der Waals surface area contributed by atoms with Crippen molar-refractivity contribution >= 4 is 5.91 Å². The maximum atomic E-state index is 11.5. The Kier molecular flexibility index (Phi) is 4.34. The number of terminal acetylenes is 1. The van der Waals surface area contributed by atoms with Crippen LogP contribution >= 0.6 is 0 Å². The van der Waals surface area contributed by atoms with Crippen LogP contribution in [0.2, 0.25) is 0 Å². The summed E-state index contributed by atoms with van der Waals surface area (Å²) in [7, 11) is 0. The van der Waals surface area contributed by atoms with E-state index in [9.17, 15) is 4.79 Å². The van der Waals surface area contributed by atoms with Crippen LogP contribution in [0.4, 0.5) is 0 Å². The molecule has 1 saturated heterocycles. The zero-order valence-corrected chi connectivity index (χ0v) is 7.79. The SMILES string of the molecule is C#CCCCC(=O)N1CCOCC1. The van der Waals surface area contributed by atoms with Gasteiger partial charge in [-0.1, -0.05) is 0 Å². The predicted molar refractivity (Wildman–Crippen MR) is 50.1 cm³/mol. The van der Waals surface area contributed by atoms with Gasteiger partial charge in [-0.05, 0) is 6.42 Å². The van der Waals surface area contributed by atoms with E-state index < -0.39 is 0 Å². The van der Waals surface area contributed by atoms with E-state index in [1.54, 1.807) is 0 Å². The highest BCUT2D eigenvalue weighted by Crippen LogP contribution is 2.03. The number of hydrogen-bond donors (Lipinski definition) is 0. The molecule has 1 rings (SSSR count). The maximum absolute atomic E-state index is 11.5. The van der Waals surface area contributed by atoms with E-state index in [1.807, 2.05) is 4.90 Å². The van der Waals surface area contributed by atoms with Crippen LogP contribution in [0.3, 0.4) is 0 Å². The van der Waals surface area contributed by atoms with Crippen molar-refractivity contribution in [1.82, 2.24) is 4.90 Å². The lowest BCUT2D eigenvalue weighted by Gasteiger charge is -2.26. The number of nitrogens with zero attached hydrogens (tertiary/aromatic N) is 1. The Bertz CT molecular complexity index is 201. The molecule has 0 atom stereocenters. The maximum Gasteiger partial charge on any atom is 0.222 e. The Hall–Kier alpha value is -1.01. The number of ether oxygens (including phenoxy) is 1. The highest BCUT2D eigenvalue weighted by Gasteiger charge is 2.15. The van der Waals surface area contributed by atoms with E-state index in [1.165, 1.54) is 0 Å². The van der Waals surface area contributed by atoms with E-state index in [0.29, 0.717) is 26.1 Å². The summed E-state index contributed by atoms with van der Waals surface area (Å²) in [5.74, 6) is 2.74. The molecule has 0 radical (unpaired) electrons. The molecule has 1 aliphatic rings. The zero-order chi connectivity index (χ0) is 9.52. The molecule has 13 heavy (non-hydrogen) atoms. The van der Waals surface area contributed by atoms with Gasteiger partial charge in [-0.2, -0.15) is 0 Å². The molecule has 3 heteroatoms. The Morgan fingerprint density at radius 3 is 2.77 bits per heavy atom. The van der Waals surface area contributed by atoms with Crippen LogP contribution in [0.1, 0.15) is 19.3 Å². The van der Waals surface area contributed by atoms with Crippen LogP contribution < -0.4 is 0 Å². The Balaban J connectivity index is 2.18. The predicted octanol–water partition coefficient (Wildman–Crippen LogP) is 0.649. The molecule has 0 spiro atoms. The van der Waals surface area contributed by atoms with Crippen molar-refractivity contribution in [2.75, 3.05) is 26.3 Å². The van der Waals surface area contributed by atoms with Gasteiger partial charge in [0.1, 0.15) is 0 Å². The van der Waals surface area contributed by atoms with Crippen LogP contribution in [-0.4, -0.2) is 37.1 Å². The van der Waals surface area contributed by atoms with Crippen molar-refractivity contribution in [3.05, 3.63) is 0 Å². The topological polar surface area (TPSA) is 29.5 Å². The Morgan fingerprint density at radius 2 is 2.15 bits per heavy atom. The van der Waals surface area contributed by atoms with Crippen molar-refractivity contribution in [3.8, 4) is 12.3 Å². The number of hydrogen-bond acceptors (Lipinski definition) is 2. The second-order valence-corrected chi connectivity index (χ2v) is 3.05. The number of amides is 1. The minimum absolute atomic E-state index is 0.207. The number of unbranched alkanes of at least 4 members (excludes halogenated alkanes) is 1. The summed E-state index contributed by atoms with van der Waals surface area (Å²) in [6.45, 7) is 2.80. The van der Waals surface area contributed by atoms with Crippen LogP contribution in [0.5, 0.6) is 0 Å². The van der Waals surface area contributed by atoms with E-state index in [-0.39, 0.29) is 5.91 Å². The largest absolute Gasteiger partial charge is 0.378 e. The molecule has 0 aromatic heterocycles. The van der Waals surface area contributed by atoms with Gasteiger partial charge in [0, 0.05) is 25.9 Å². The fourth-order valence-corrected chi connectivity index (χ4v) is 1.31. The monoisotopic (exact) mass is 181 g/mol. The molecule has 0 bridgehead atoms. The molecule has 0 N–H and O–H groups in total. The lowest BCUT2D eigenvalue weighted by Crippen LogP contribution is -2.40. The third-order valence-corrected chi connectivity index (χ3v) is 2.08. The first-order valence-corrected chi connectivity index (χ1v) is 4.63. The average Bonchev–Trinajstić information content (AvgIpc) is 2.19. The van der Waals surface area contributed by atoms with Crippen LogP contribution in [-0.2, 0) is 9.53 Å². The molecule has 0 aromatic rings. The molecular formula is C10H15NO2. The summed E-state index contributed by atoms with van der Waals surface area (Å²) < 4.78 is 5.15. The molecule has 1 amide bonds. The van der Waals surface area contributed by atoms with Crippen molar-refractivity contribution in [3.63, 3.8) is 0 Å². The van der Waals surface area contributed by atoms with Gasteiger partial charge in [-0.3, -0.25) is 4.79 Å². The minimum atomic E-state index is 0.207. The number of carbonyl (C=O) groups excluding carboxylic acids is 1. The highest BCUT2D eigenvalue weighted by atomic mass is 16.5. The molecule has 0 aromatic carbocycles. The molecule has 3 nitrogen and oxygen atoms in total. The van der Waals surface area contributed by atoms with Gasteiger partial charge in [0.15, 0.2) is 0 Å². The van der Waals surface area contributed by atoms with Gasteiger partial charge < -0.3 is 9.64 Å². The molecule has 1 heterocycles. The van der Waals surface area contributed by atoms with Crippen molar-refractivity contribution in [2.24, 2.45) is 0 Å². The van der Waals surface area contributed by atoms with Crippen LogP contribution in [0, 0.1) is 12.3 Å². The third-order valence-electron chi connectivity index (χ3n) is 2.08.